The number of likely N-dealkylation sites (N-methyl/N-ethyl adjacent to an activating group) is 1. The van der Waals surface area contributed by atoms with E-state index in [1.807, 2.05) is 12.1 Å². The molecule has 5 nitrogen and oxygen atoms in total. The van der Waals surface area contributed by atoms with Gasteiger partial charge in [-0.2, -0.15) is 0 Å². The summed E-state index contributed by atoms with van der Waals surface area (Å²) in [5.41, 5.74) is 11.1. The molecule has 37 heavy (non-hydrogen) atoms. The minimum Gasteiger partial charge on any atom is -0.379 e. The molecule has 0 atom stereocenters. The number of aryl methyl sites for hydroxylation is 1. The van der Waals surface area contributed by atoms with Crippen LogP contribution in [-0.4, -0.2) is 48.4 Å². The Hall–Kier alpha value is -3.41. The molecule has 0 spiro atoms. The normalized spacial score (nSPS) is 17.8. The van der Waals surface area contributed by atoms with Gasteiger partial charge in [0, 0.05) is 61.5 Å². The monoisotopic (exact) mass is 492 g/mol. The Morgan fingerprint density at radius 1 is 0.946 bits per heavy atom. The number of benzene rings is 3. The largest absolute Gasteiger partial charge is 0.379 e. The van der Waals surface area contributed by atoms with E-state index in [9.17, 15) is 0 Å². The quantitative estimate of drug-likeness (QED) is 0.363. The van der Waals surface area contributed by atoms with E-state index in [1.165, 1.54) is 50.0 Å². The van der Waals surface area contributed by atoms with E-state index < -0.39 is 0 Å². The van der Waals surface area contributed by atoms with Gasteiger partial charge in [0.1, 0.15) is 0 Å². The molecule has 3 heterocycles. The number of anilines is 1. The maximum Gasteiger partial charge on any atom is 0.0594 e. The fourth-order valence-corrected chi connectivity index (χ4v) is 6.25. The number of ether oxygens (including phenoxy) is 1. The van der Waals surface area contributed by atoms with E-state index in [2.05, 4.69) is 97.8 Å². The fourth-order valence-electron chi connectivity index (χ4n) is 6.25. The molecule has 3 aliphatic heterocycles. The van der Waals surface area contributed by atoms with E-state index in [4.69, 9.17) is 10.1 Å². The van der Waals surface area contributed by atoms with Crippen molar-refractivity contribution < 1.29 is 4.74 Å². The molecule has 0 radical (unpaired) electrons. The average Bonchev–Trinajstić information content (AvgIpc) is 2.88. The van der Waals surface area contributed by atoms with Crippen LogP contribution in [0.4, 0.5) is 5.69 Å². The number of fused-ring (bicyclic) bond motifs is 4. The summed E-state index contributed by atoms with van der Waals surface area (Å²) >= 11 is 0. The molecule has 1 saturated heterocycles. The van der Waals surface area contributed by atoms with E-state index in [-0.39, 0.29) is 5.54 Å². The standard InChI is InChI=1S/C32H36N4O/c1-21-19-32(2,3)35(5)27-12-11-26-30(23-8-6-7-22(17-23)20-36-13-15-37-16-14-36)25-10-9-24(33)18-28(25)34(4)31(26)29(21)27/h6-12,17-19,33H,13-16,20H2,1-5H3. The molecule has 0 saturated carbocycles. The Balaban J connectivity index is 1.63. The molecule has 1 fully saturated rings. The van der Waals surface area contributed by atoms with Crippen LogP contribution in [-0.2, 0) is 18.3 Å². The minimum atomic E-state index is -0.0504. The van der Waals surface area contributed by atoms with Crippen molar-refractivity contribution in [2.24, 2.45) is 7.05 Å². The van der Waals surface area contributed by atoms with Crippen molar-refractivity contribution in [1.29, 1.82) is 5.41 Å². The first-order valence-corrected chi connectivity index (χ1v) is 13.2. The molecule has 0 bridgehead atoms. The third-order valence-electron chi connectivity index (χ3n) is 8.30. The first kappa shape index (κ1) is 24.0. The van der Waals surface area contributed by atoms with Gasteiger partial charge in [0.15, 0.2) is 0 Å². The molecule has 1 aliphatic carbocycles. The summed E-state index contributed by atoms with van der Waals surface area (Å²) in [6, 6.07) is 19.7. The zero-order chi connectivity index (χ0) is 25.9. The summed E-state index contributed by atoms with van der Waals surface area (Å²) in [6.07, 6.45) is 2.38. The maximum absolute atomic E-state index is 8.40. The molecule has 2 aromatic rings. The fraction of sp³-hybridized carbons (Fsp3) is 0.344. The van der Waals surface area contributed by atoms with Crippen molar-refractivity contribution in [3.05, 3.63) is 77.2 Å². The van der Waals surface area contributed by atoms with Gasteiger partial charge >= 0.3 is 0 Å². The van der Waals surface area contributed by atoms with E-state index >= 15 is 0 Å². The van der Waals surface area contributed by atoms with Gasteiger partial charge in [0.25, 0.3) is 0 Å². The lowest BCUT2D eigenvalue weighted by atomic mass is 9.85. The number of rotatable bonds is 3. The van der Waals surface area contributed by atoms with Crippen molar-refractivity contribution in [2.75, 3.05) is 38.3 Å². The lowest BCUT2D eigenvalue weighted by Gasteiger charge is -2.41. The van der Waals surface area contributed by atoms with Gasteiger partial charge < -0.3 is 19.6 Å². The molecule has 0 unspecified atom stereocenters. The number of nitrogens with zero attached hydrogens (tertiary/aromatic N) is 3. The number of pyridine rings is 1. The molecule has 6 rings (SSSR count). The van der Waals surface area contributed by atoms with Crippen LogP contribution in [0.1, 0.15) is 31.9 Å². The Labute approximate surface area is 219 Å². The van der Waals surface area contributed by atoms with Gasteiger partial charge in [-0.25, -0.2) is 0 Å². The summed E-state index contributed by atoms with van der Waals surface area (Å²) in [5.74, 6) is 0. The van der Waals surface area contributed by atoms with Crippen molar-refractivity contribution in [1.82, 2.24) is 9.47 Å². The average molecular weight is 493 g/mol. The summed E-state index contributed by atoms with van der Waals surface area (Å²) in [7, 11) is 4.34. The van der Waals surface area contributed by atoms with Gasteiger partial charge in [0.05, 0.1) is 35.3 Å². The van der Waals surface area contributed by atoms with Crippen molar-refractivity contribution in [3.8, 4) is 22.4 Å². The highest BCUT2D eigenvalue weighted by molar-refractivity contribution is 6.09. The third-order valence-corrected chi connectivity index (χ3v) is 8.30. The second-order valence-electron chi connectivity index (χ2n) is 11.2. The molecular formula is C32H36N4O. The lowest BCUT2D eigenvalue weighted by Crippen LogP contribution is -2.42. The Morgan fingerprint density at radius 2 is 1.73 bits per heavy atom. The summed E-state index contributed by atoms with van der Waals surface area (Å²) in [6.45, 7) is 11.3. The predicted molar refractivity (Wildman–Crippen MR) is 153 cm³/mol. The number of morpholine rings is 1. The first-order chi connectivity index (χ1) is 17.7. The lowest BCUT2D eigenvalue weighted by molar-refractivity contribution is 0.0342. The predicted octanol–water partition coefficient (Wildman–Crippen LogP) is 5.89. The van der Waals surface area contributed by atoms with Gasteiger partial charge in [-0.05, 0) is 61.7 Å². The Kier molecular flexibility index (Phi) is 5.74. The topological polar surface area (TPSA) is 44.5 Å². The highest BCUT2D eigenvalue weighted by Gasteiger charge is 2.31. The van der Waals surface area contributed by atoms with Gasteiger partial charge in [-0.1, -0.05) is 36.4 Å². The number of aromatic nitrogens is 1. The van der Waals surface area contributed by atoms with E-state index in [0.29, 0.717) is 5.36 Å². The number of hydrogen-bond donors (Lipinski definition) is 1. The third kappa shape index (κ3) is 3.97. The molecule has 2 aromatic carbocycles. The number of allylic oxidation sites excluding steroid dienone is 1. The number of nitrogens with one attached hydrogen (secondary N) is 1. The van der Waals surface area contributed by atoms with Crippen LogP contribution in [0.15, 0.2) is 60.7 Å². The summed E-state index contributed by atoms with van der Waals surface area (Å²) < 4.78 is 7.85. The second kappa shape index (κ2) is 8.86. The van der Waals surface area contributed by atoms with E-state index in [1.54, 1.807) is 0 Å². The van der Waals surface area contributed by atoms with Crippen molar-refractivity contribution in [2.45, 2.75) is 32.9 Å². The molecular weight excluding hydrogens is 456 g/mol. The van der Waals surface area contributed by atoms with Gasteiger partial charge in [-0.3, -0.25) is 4.90 Å². The Bertz CT molecular complexity index is 1570. The molecule has 5 heteroatoms. The zero-order valence-corrected chi connectivity index (χ0v) is 22.6. The smallest absolute Gasteiger partial charge is 0.0594 e. The Morgan fingerprint density at radius 3 is 2.51 bits per heavy atom. The highest BCUT2D eigenvalue weighted by atomic mass is 16.5. The van der Waals surface area contributed by atoms with Crippen LogP contribution >= 0.6 is 0 Å². The molecule has 0 aromatic heterocycles. The molecule has 4 aliphatic rings. The van der Waals surface area contributed by atoms with E-state index in [0.717, 1.165) is 38.5 Å². The van der Waals surface area contributed by atoms with Crippen LogP contribution in [0.5, 0.6) is 0 Å². The van der Waals surface area contributed by atoms with Crippen molar-refractivity contribution >= 4 is 22.2 Å². The van der Waals surface area contributed by atoms with Gasteiger partial charge in [0.2, 0.25) is 0 Å². The summed E-state index contributed by atoms with van der Waals surface area (Å²) in [4.78, 5) is 4.85. The zero-order valence-electron chi connectivity index (χ0n) is 22.6. The highest BCUT2D eigenvalue weighted by Crippen LogP contribution is 2.47. The van der Waals surface area contributed by atoms with Crippen LogP contribution in [0.25, 0.3) is 38.9 Å². The number of hydrogen-bond acceptors (Lipinski definition) is 4. The first-order valence-electron chi connectivity index (χ1n) is 13.2. The van der Waals surface area contributed by atoms with Crippen LogP contribution in [0, 0.1) is 5.41 Å². The summed E-state index contributed by atoms with van der Waals surface area (Å²) in [5, 5.41) is 10.2. The maximum atomic E-state index is 8.40. The van der Waals surface area contributed by atoms with Gasteiger partial charge in [-0.15, -0.1) is 0 Å². The molecule has 0 amide bonds. The van der Waals surface area contributed by atoms with Crippen LogP contribution in [0.3, 0.4) is 0 Å². The molecule has 190 valence electrons. The van der Waals surface area contributed by atoms with Crippen molar-refractivity contribution in [3.63, 3.8) is 0 Å². The molecule has 1 N–H and O–H groups in total. The second-order valence-corrected chi connectivity index (χ2v) is 11.2. The van der Waals surface area contributed by atoms with Crippen LogP contribution < -0.4 is 10.3 Å². The van der Waals surface area contributed by atoms with Crippen LogP contribution in [0.2, 0.25) is 0 Å². The minimum absolute atomic E-state index is 0.0504. The SMILES string of the molecule is CC1=CC(C)(C)N(C)c2ccc3c(-c4cccc(CN5CCOCC5)c4)c4ccc(=N)cc-4n(C)c3c21.